The number of fused-ring (bicyclic) bond motifs is 1. The summed E-state index contributed by atoms with van der Waals surface area (Å²) in [6.07, 6.45) is -4.66. The Kier molecular flexibility index (Phi) is 6.10. The summed E-state index contributed by atoms with van der Waals surface area (Å²) in [4.78, 5) is 19.5. The monoisotopic (exact) mass is 425 g/mol. The molecule has 0 fully saturated rings. The molecule has 3 rings (SSSR count). The molecule has 0 radical (unpaired) electrons. The number of halogens is 4. The van der Waals surface area contributed by atoms with Gasteiger partial charge in [0.2, 0.25) is 11.7 Å². The quantitative estimate of drug-likeness (QED) is 0.447. The maximum atomic E-state index is 13.1. The second-order valence-corrected chi connectivity index (χ2v) is 7.40. The van der Waals surface area contributed by atoms with Crippen molar-refractivity contribution in [1.29, 1.82) is 0 Å². The van der Waals surface area contributed by atoms with E-state index in [4.69, 9.17) is 11.6 Å². The van der Waals surface area contributed by atoms with Crippen LogP contribution in [0, 0.1) is 0 Å². The number of rotatable bonds is 5. The zero-order valence-electron chi connectivity index (χ0n) is 14.6. The van der Waals surface area contributed by atoms with Gasteiger partial charge in [0, 0.05) is 10.4 Å². The van der Waals surface area contributed by atoms with E-state index in [2.05, 4.69) is 15.3 Å². The number of nitrogens with zero attached hydrogens (tertiary/aromatic N) is 2. The zero-order chi connectivity index (χ0) is 20.3. The van der Waals surface area contributed by atoms with E-state index in [9.17, 15) is 18.0 Å². The van der Waals surface area contributed by atoms with E-state index in [1.807, 2.05) is 6.07 Å². The Labute approximate surface area is 168 Å². The summed E-state index contributed by atoms with van der Waals surface area (Å²) in [7, 11) is 0. The lowest BCUT2D eigenvalue weighted by Gasteiger charge is -2.15. The molecular weight excluding hydrogens is 411 g/mol. The normalized spacial score (nSPS) is 12.8. The SMILES string of the molecule is C[C@H](NC(=O)CSc1nc(C(F)(F)F)nc2ccccc12)c1cccc(Cl)c1. The maximum Gasteiger partial charge on any atom is 0.451 e. The Balaban J connectivity index is 1.75. The number of aromatic nitrogens is 2. The average Bonchev–Trinajstić information content (AvgIpc) is 2.65. The van der Waals surface area contributed by atoms with Crippen LogP contribution in [0.15, 0.2) is 53.6 Å². The van der Waals surface area contributed by atoms with Crippen LogP contribution in [0.25, 0.3) is 10.9 Å². The summed E-state index contributed by atoms with van der Waals surface area (Å²) >= 11 is 6.89. The van der Waals surface area contributed by atoms with E-state index < -0.39 is 12.0 Å². The number of para-hydroxylation sites is 1. The first-order valence-corrected chi connectivity index (χ1v) is 9.62. The van der Waals surface area contributed by atoms with Crippen molar-refractivity contribution in [2.75, 3.05) is 5.75 Å². The molecule has 1 amide bonds. The minimum absolute atomic E-state index is 0.0801. The third-order valence-electron chi connectivity index (χ3n) is 3.89. The highest BCUT2D eigenvalue weighted by Crippen LogP contribution is 2.32. The number of thioether (sulfide) groups is 1. The van der Waals surface area contributed by atoms with E-state index in [1.54, 1.807) is 43.3 Å². The minimum Gasteiger partial charge on any atom is -0.349 e. The lowest BCUT2D eigenvalue weighted by Crippen LogP contribution is -2.28. The summed E-state index contributed by atoms with van der Waals surface area (Å²) in [6.45, 7) is 1.80. The van der Waals surface area contributed by atoms with Gasteiger partial charge in [0.25, 0.3) is 0 Å². The van der Waals surface area contributed by atoms with Crippen molar-refractivity contribution in [3.63, 3.8) is 0 Å². The zero-order valence-corrected chi connectivity index (χ0v) is 16.2. The summed E-state index contributed by atoms with van der Waals surface area (Å²) in [5.74, 6) is -1.63. The third-order valence-corrected chi connectivity index (χ3v) is 5.11. The molecule has 9 heteroatoms. The molecule has 0 saturated carbocycles. The first-order chi connectivity index (χ1) is 13.2. The molecule has 0 aliphatic carbocycles. The largest absolute Gasteiger partial charge is 0.451 e. The summed E-state index contributed by atoms with van der Waals surface area (Å²) < 4.78 is 39.2. The van der Waals surface area contributed by atoms with Gasteiger partial charge in [0.05, 0.1) is 17.3 Å². The van der Waals surface area contributed by atoms with Crippen molar-refractivity contribution in [2.24, 2.45) is 0 Å². The fraction of sp³-hybridized carbons (Fsp3) is 0.211. The van der Waals surface area contributed by atoms with E-state index in [0.29, 0.717) is 10.4 Å². The molecular formula is C19H15ClF3N3OS. The van der Waals surface area contributed by atoms with Crippen molar-refractivity contribution in [3.05, 3.63) is 64.9 Å². The average molecular weight is 426 g/mol. The number of hydrogen-bond donors (Lipinski definition) is 1. The minimum atomic E-state index is -4.66. The van der Waals surface area contributed by atoms with Gasteiger partial charge in [-0.05, 0) is 30.7 Å². The molecule has 4 nitrogen and oxygen atoms in total. The molecule has 1 heterocycles. The molecule has 1 atom stereocenters. The number of carbonyl (C=O) groups is 1. The number of hydrogen-bond acceptors (Lipinski definition) is 4. The fourth-order valence-corrected chi connectivity index (χ4v) is 3.59. The highest BCUT2D eigenvalue weighted by atomic mass is 35.5. The van der Waals surface area contributed by atoms with E-state index in [0.717, 1.165) is 17.3 Å². The molecule has 0 aliphatic rings. The summed E-state index contributed by atoms with van der Waals surface area (Å²) in [6, 6.07) is 13.2. The van der Waals surface area contributed by atoms with Crippen molar-refractivity contribution >= 4 is 40.2 Å². The Hall–Kier alpha value is -2.32. The highest BCUT2D eigenvalue weighted by molar-refractivity contribution is 8.00. The van der Waals surface area contributed by atoms with Crippen LogP contribution in [0.3, 0.4) is 0 Å². The van der Waals surface area contributed by atoms with Gasteiger partial charge in [-0.15, -0.1) is 0 Å². The van der Waals surface area contributed by atoms with Crippen LogP contribution in [-0.2, 0) is 11.0 Å². The molecule has 0 unspecified atom stereocenters. The molecule has 1 aromatic heterocycles. The summed E-state index contributed by atoms with van der Waals surface area (Å²) in [5.41, 5.74) is 1.01. The van der Waals surface area contributed by atoms with Gasteiger partial charge in [0.15, 0.2) is 0 Å². The molecule has 0 spiro atoms. The Morgan fingerprint density at radius 2 is 1.93 bits per heavy atom. The number of nitrogens with one attached hydrogen (secondary N) is 1. The van der Waals surface area contributed by atoms with Crippen molar-refractivity contribution in [2.45, 2.75) is 24.2 Å². The van der Waals surface area contributed by atoms with Gasteiger partial charge < -0.3 is 5.32 Å². The van der Waals surface area contributed by atoms with Crippen LogP contribution in [0.1, 0.15) is 24.4 Å². The molecule has 0 aliphatic heterocycles. The Morgan fingerprint density at radius 3 is 2.64 bits per heavy atom. The standard InChI is InChI=1S/C19H15ClF3N3OS/c1-11(12-5-4-6-13(20)9-12)24-16(27)10-28-17-14-7-2-3-8-15(14)25-18(26-17)19(21,22)23/h2-9,11H,10H2,1H3,(H,24,27)/t11-/m0/s1. The van der Waals surface area contributed by atoms with Gasteiger partial charge >= 0.3 is 6.18 Å². The number of carbonyl (C=O) groups excluding carboxylic acids is 1. The van der Waals surface area contributed by atoms with Crippen molar-refractivity contribution in [3.8, 4) is 0 Å². The Bertz CT molecular complexity index is 1010. The molecule has 2 aromatic carbocycles. The number of benzene rings is 2. The van der Waals surface area contributed by atoms with Crippen LogP contribution < -0.4 is 5.32 Å². The second-order valence-electron chi connectivity index (χ2n) is 6.00. The number of alkyl halides is 3. The third kappa shape index (κ3) is 4.94. The van der Waals surface area contributed by atoms with Gasteiger partial charge in [-0.3, -0.25) is 4.79 Å². The van der Waals surface area contributed by atoms with Gasteiger partial charge in [-0.2, -0.15) is 13.2 Å². The highest BCUT2D eigenvalue weighted by Gasteiger charge is 2.35. The van der Waals surface area contributed by atoms with Crippen LogP contribution in [-0.4, -0.2) is 21.6 Å². The van der Waals surface area contributed by atoms with Gasteiger partial charge in [0.1, 0.15) is 5.03 Å². The van der Waals surface area contributed by atoms with Crippen LogP contribution in [0.2, 0.25) is 5.02 Å². The van der Waals surface area contributed by atoms with Gasteiger partial charge in [-0.25, -0.2) is 9.97 Å². The van der Waals surface area contributed by atoms with Gasteiger partial charge in [-0.1, -0.05) is 53.7 Å². The Morgan fingerprint density at radius 1 is 1.18 bits per heavy atom. The van der Waals surface area contributed by atoms with Crippen LogP contribution >= 0.6 is 23.4 Å². The molecule has 1 N–H and O–H groups in total. The van der Waals surface area contributed by atoms with E-state index in [-0.39, 0.29) is 28.2 Å². The van der Waals surface area contributed by atoms with E-state index in [1.165, 1.54) is 6.07 Å². The lowest BCUT2D eigenvalue weighted by molar-refractivity contribution is -0.145. The number of amides is 1. The molecule has 3 aromatic rings. The second kappa shape index (κ2) is 8.36. The topological polar surface area (TPSA) is 54.9 Å². The predicted molar refractivity (Wildman–Crippen MR) is 103 cm³/mol. The van der Waals surface area contributed by atoms with Crippen LogP contribution in [0.5, 0.6) is 0 Å². The van der Waals surface area contributed by atoms with Crippen LogP contribution in [0.4, 0.5) is 13.2 Å². The lowest BCUT2D eigenvalue weighted by atomic mass is 10.1. The van der Waals surface area contributed by atoms with Crippen molar-refractivity contribution in [1.82, 2.24) is 15.3 Å². The predicted octanol–water partition coefficient (Wildman–Crippen LogP) is 5.27. The first-order valence-electron chi connectivity index (χ1n) is 8.25. The summed E-state index contributed by atoms with van der Waals surface area (Å²) in [5, 5.41) is 3.94. The smallest absolute Gasteiger partial charge is 0.349 e. The van der Waals surface area contributed by atoms with E-state index >= 15 is 0 Å². The maximum absolute atomic E-state index is 13.1. The molecule has 0 saturated heterocycles. The molecule has 146 valence electrons. The first kappa shape index (κ1) is 20.4. The fourth-order valence-electron chi connectivity index (χ4n) is 2.56. The molecule has 28 heavy (non-hydrogen) atoms. The molecule has 0 bridgehead atoms. The van der Waals surface area contributed by atoms with Crippen molar-refractivity contribution < 1.29 is 18.0 Å².